The van der Waals surface area contributed by atoms with E-state index >= 15 is 0 Å². The molecule has 0 spiro atoms. The second-order valence-corrected chi connectivity index (χ2v) is 5.03. The lowest BCUT2D eigenvalue weighted by Gasteiger charge is -2.11. The first-order chi connectivity index (χ1) is 8.99. The minimum absolute atomic E-state index is 0.0376. The highest BCUT2D eigenvalue weighted by molar-refractivity contribution is 6.39. The first-order valence-electron chi connectivity index (χ1n) is 5.30. The molecule has 0 aliphatic carbocycles. The van der Waals surface area contributed by atoms with Gasteiger partial charge >= 0.3 is 0 Å². The summed E-state index contributed by atoms with van der Waals surface area (Å²) < 4.78 is 26.7. The fourth-order valence-corrected chi connectivity index (χ4v) is 2.37. The van der Waals surface area contributed by atoms with Gasteiger partial charge in [-0.05, 0) is 18.2 Å². The Kier molecular flexibility index (Phi) is 4.50. The first-order valence-corrected chi connectivity index (χ1v) is 6.43. The van der Waals surface area contributed by atoms with Gasteiger partial charge in [-0.15, -0.1) is 0 Å². The highest BCUT2D eigenvalue weighted by Gasteiger charge is 2.10. The fraction of sp³-hybridized carbons (Fsp3) is 0.0769. The van der Waals surface area contributed by atoms with Crippen LogP contribution >= 0.6 is 34.8 Å². The molecule has 0 fully saturated rings. The van der Waals surface area contributed by atoms with E-state index in [1.54, 1.807) is 12.1 Å². The molecule has 0 bridgehead atoms. The van der Waals surface area contributed by atoms with E-state index < -0.39 is 11.6 Å². The van der Waals surface area contributed by atoms with Crippen LogP contribution in [-0.2, 0) is 6.54 Å². The topological polar surface area (TPSA) is 12.0 Å². The first kappa shape index (κ1) is 14.4. The maximum Gasteiger partial charge on any atom is 0.146 e. The molecule has 2 aromatic carbocycles. The second kappa shape index (κ2) is 5.95. The maximum atomic E-state index is 13.7. The number of hydrogen-bond acceptors (Lipinski definition) is 1. The van der Waals surface area contributed by atoms with Crippen molar-refractivity contribution in [2.45, 2.75) is 6.54 Å². The van der Waals surface area contributed by atoms with Crippen molar-refractivity contribution < 1.29 is 8.78 Å². The van der Waals surface area contributed by atoms with Crippen molar-refractivity contribution in [2.24, 2.45) is 0 Å². The molecule has 0 saturated heterocycles. The van der Waals surface area contributed by atoms with E-state index in [2.05, 4.69) is 5.32 Å². The molecule has 0 amide bonds. The summed E-state index contributed by atoms with van der Waals surface area (Å²) in [5.41, 5.74) is 0.716. The van der Waals surface area contributed by atoms with Crippen LogP contribution in [0.3, 0.4) is 0 Å². The van der Waals surface area contributed by atoms with Gasteiger partial charge in [0.05, 0.1) is 20.8 Å². The molecule has 2 aromatic rings. The summed E-state index contributed by atoms with van der Waals surface area (Å²) in [4.78, 5) is 0. The fourth-order valence-electron chi connectivity index (χ4n) is 1.58. The molecule has 0 unspecified atom stereocenters. The molecule has 0 radical (unpaired) electrons. The van der Waals surface area contributed by atoms with Crippen molar-refractivity contribution in [3.8, 4) is 0 Å². The molecule has 2 rings (SSSR count). The molecule has 100 valence electrons. The zero-order valence-corrected chi connectivity index (χ0v) is 11.8. The molecule has 0 aliphatic rings. The number of nitrogens with one attached hydrogen (secondary N) is 1. The highest BCUT2D eigenvalue weighted by atomic mass is 35.5. The van der Waals surface area contributed by atoms with Crippen LogP contribution in [-0.4, -0.2) is 0 Å². The summed E-state index contributed by atoms with van der Waals surface area (Å²) in [6.07, 6.45) is 0. The lowest BCUT2D eigenvalue weighted by atomic mass is 10.2. The Hall–Kier alpha value is -1.03. The van der Waals surface area contributed by atoms with Crippen molar-refractivity contribution in [2.75, 3.05) is 5.32 Å². The van der Waals surface area contributed by atoms with Gasteiger partial charge < -0.3 is 5.32 Å². The molecular weight excluding hydrogens is 315 g/mol. The third-order valence-corrected chi connectivity index (χ3v) is 3.38. The number of hydrogen-bond donors (Lipinski definition) is 1. The lowest BCUT2D eigenvalue weighted by molar-refractivity contribution is 0.613. The Labute approximate surface area is 124 Å². The van der Waals surface area contributed by atoms with Crippen LogP contribution in [0, 0.1) is 11.6 Å². The number of halogens is 5. The van der Waals surface area contributed by atoms with Gasteiger partial charge in [0.25, 0.3) is 0 Å². The van der Waals surface area contributed by atoms with Crippen molar-refractivity contribution in [3.05, 3.63) is 62.6 Å². The number of anilines is 1. The van der Waals surface area contributed by atoms with E-state index in [-0.39, 0.29) is 21.6 Å². The van der Waals surface area contributed by atoms with Crippen LogP contribution < -0.4 is 5.32 Å². The highest BCUT2D eigenvalue weighted by Crippen LogP contribution is 2.32. The standard InChI is InChI=1S/C13H8Cl3F2N/c14-9-3-1-2-7(12(9)18)6-19-13-10(15)4-8(17)5-11(13)16/h1-5,19H,6H2. The predicted octanol–water partition coefficient (Wildman–Crippen LogP) is 5.54. The molecule has 1 N–H and O–H groups in total. The lowest BCUT2D eigenvalue weighted by Crippen LogP contribution is -2.03. The molecule has 0 aromatic heterocycles. The summed E-state index contributed by atoms with van der Waals surface area (Å²) in [5, 5.41) is 3.16. The van der Waals surface area contributed by atoms with E-state index in [4.69, 9.17) is 34.8 Å². The summed E-state index contributed by atoms with van der Waals surface area (Å²) in [7, 11) is 0. The van der Waals surface area contributed by atoms with Crippen molar-refractivity contribution in [3.63, 3.8) is 0 Å². The zero-order valence-electron chi connectivity index (χ0n) is 9.48. The Morgan fingerprint density at radius 3 is 2.21 bits per heavy atom. The Morgan fingerprint density at radius 2 is 1.58 bits per heavy atom. The largest absolute Gasteiger partial charge is 0.378 e. The second-order valence-electron chi connectivity index (χ2n) is 3.81. The van der Waals surface area contributed by atoms with Crippen LogP contribution in [0.15, 0.2) is 30.3 Å². The van der Waals surface area contributed by atoms with Gasteiger partial charge in [-0.1, -0.05) is 46.9 Å². The van der Waals surface area contributed by atoms with Gasteiger partial charge in [-0.2, -0.15) is 0 Å². The van der Waals surface area contributed by atoms with E-state index in [1.807, 2.05) is 0 Å². The van der Waals surface area contributed by atoms with Gasteiger partial charge in [-0.25, -0.2) is 8.78 Å². The van der Waals surface area contributed by atoms with Crippen LogP contribution in [0.2, 0.25) is 15.1 Å². The number of benzene rings is 2. The van der Waals surface area contributed by atoms with Gasteiger partial charge in [0.1, 0.15) is 11.6 Å². The molecule has 1 nitrogen and oxygen atoms in total. The molecule has 0 heterocycles. The minimum atomic E-state index is -0.533. The number of rotatable bonds is 3. The summed E-state index contributed by atoms with van der Waals surface area (Å²) >= 11 is 17.4. The van der Waals surface area contributed by atoms with Crippen LogP contribution in [0.1, 0.15) is 5.56 Å². The summed E-state index contributed by atoms with van der Waals surface area (Å²) in [6.45, 7) is 0.136. The van der Waals surface area contributed by atoms with Crippen LogP contribution in [0.25, 0.3) is 0 Å². The summed E-state index contributed by atoms with van der Waals surface area (Å²) in [5.74, 6) is -1.04. The van der Waals surface area contributed by atoms with Gasteiger partial charge in [0.2, 0.25) is 0 Å². The van der Waals surface area contributed by atoms with Crippen LogP contribution in [0.5, 0.6) is 0 Å². The van der Waals surface area contributed by atoms with E-state index in [1.165, 1.54) is 6.07 Å². The monoisotopic (exact) mass is 321 g/mol. The zero-order chi connectivity index (χ0) is 14.0. The van der Waals surface area contributed by atoms with Crippen molar-refractivity contribution in [1.29, 1.82) is 0 Å². The van der Waals surface area contributed by atoms with E-state index in [9.17, 15) is 8.78 Å². The van der Waals surface area contributed by atoms with Crippen molar-refractivity contribution >= 4 is 40.5 Å². The minimum Gasteiger partial charge on any atom is -0.378 e. The molecule has 0 aliphatic heterocycles. The molecule has 19 heavy (non-hydrogen) atoms. The molecule has 0 atom stereocenters. The molecular formula is C13H8Cl3F2N. The Morgan fingerprint density at radius 1 is 0.947 bits per heavy atom. The third-order valence-electron chi connectivity index (χ3n) is 2.49. The SMILES string of the molecule is Fc1cc(Cl)c(NCc2cccc(Cl)c2F)c(Cl)c1. The molecule has 6 heteroatoms. The van der Waals surface area contributed by atoms with Gasteiger partial charge in [0.15, 0.2) is 0 Å². The smallest absolute Gasteiger partial charge is 0.146 e. The average molecular weight is 323 g/mol. The third kappa shape index (κ3) is 3.30. The predicted molar refractivity (Wildman–Crippen MR) is 75.2 cm³/mol. The van der Waals surface area contributed by atoms with Gasteiger partial charge in [-0.3, -0.25) is 0 Å². The van der Waals surface area contributed by atoms with E-state index in [0.29, 0.717) is 11.3 Å². The quantitative estimate of drug-likeness (QED) is 0.782. The summed E-state index contributed by atoms with van der Waals surface area (Å²) in [6, 6.07) is 6.93. The van der Waals surface area contributed by atoms with E-state index in [0.717, 1.165) is 12.1 Å². The average Bonchev–Trinajstić information content (AvgIpc) is 2.33. The Balaban J connectivity index is 2.22. The molecule has 0 saturated carbocycles. The van der Waals surface area contributed by atoms with Crippen molar-refractivity contribution in [1.82, 2.24) is 0 Å². The van der Waals surface area contributed by atoms with Gasteiger partial charge in [0, 0.05) is 12.1 Å². The normalized spacial score (nSPS) is 10.6. The van der Waals surface area contributed by atoms with Crippen LogP contribution in [0.4, 0.5) is 14.5 Å². The maximum absolute atomic E-state index is 13.7. The Bertz CT molecular complexity index is 594.